The zero-order chi connectivity index (χ0) is 18.7. The van der Waals surface area contributed by atoms with Crippen molar-refractivity contribution in [3.05, 3.63) is 48.0 Å². The molecule has 7 nitrogen and oxygen atoms in total. The first-order chi connectivity index (χ1) is 12.5. The smallest absolute Gasteiger partial charge is 0.417 e. The Hall–Kier alpha value is -2.83. The third-order valence-electron chi connectivity index (χ3n) is 5.03. The zero-order valence-electron chi connectivity index (χ0n) is 14.5. The van der Waals surface area contributed by atoms with Gasteiger partial charge in [0, 0.05) is 18.7 Å². The second-order valence-electron chi connectivity index (χ2n) is 6.66. The van der Waals surface area contributed by atoms with Gasteiger partial charge in [-0.3, -0.25) is 4.79 Å². The molecule has 2 fully saturated rings. The highest BCUT2D eigenvalue weighted by molar-refractivity contribution is 6.03. The van der Waals surface area contributed by atoms with E-state index in [0.717, 1.165) is 5.56 Å². The van der Waals surface area contributed by atoms with Crippen LogP contribution in [-0.2, 0) is 16.0 Å². The Morgan fingerprint density at radius 2 is 1.85 bits per heavy atom. The number of imide groups is 1. The van der Waals surface area contributed by atoms with E-state index < -0.39 is 18.1 Å². The van der Waals surface area contributed by atoms with Crippen molar-refractivity contribution in [1.82, 2.24) is 9.80 Å². The highest BCUT2D eigenvalue weighted by Gasteiger charge is 2.40. The normalized spacial score (nSPS) is 20.8. The summed E-state index contributed by atoms with van der Waals surface area (Å²) in [6.07, 6.45) is 0.00133. The largest absolute Gasteiger partial charge is 0.465 e. The molecule has 2 saturated heterocycles. The first-order valence-electron chi connectivity index (χ1n) is 8.68. The highest BCUT2D eigenvalue weighted by Crippen LogP contribution is 2.28. The van der Waals surface area contributed by atoms with Gasteiger partial charge in [0.2, 0.25) is 0 Å². The molecular weight excluding hydrogens is 336 g/mol. The molecule has 1 aromatic rings. The Bertz CT molecular complexity index is 710. The summed E-state index contributed by atoms with van der Waals surface area (Å²) in [6, 6.07) is 9.27. The van der Waals surface area contributed by atoms with E-state index in [-0.39, 0.29) is 18.6 Å². The molecule has 0 spiro atoms. The fraction of sp³-hybridized carbons (Fsp3) is 0.421. The number of carboxylic acid groups (broad SMARTS) is 1. The minimum atomic E-state index is -0.952. The summed E-state index contributed by atoms with van der Waals surface area (Å²) >= 11 is 0. The van der Waals surface area contributed by atoms with Crippen LogP contribution in [0, 0.1) is 5.92 Å². The van der Waals surface area contributed by atoms with E-state index in [2.05, 4.69) is 6.58 Å². The zero-order valence-corrected chi connectivity index (χ0v) is 14.5. The third-order valence-corrected chi connectivity index (χ3v) is 5.03. The van der Waals surface area contributed by atoms with Crippen molar-refractivity contribution in [3.8, 4) is 0 Å². The van der Waals surface area contributed by atoms with Gasteiger partial charge in [-0.05, 0) is 30.7 Å². The monoisotopic (exact) mass is 358 g/mol. The summed E-state index contributed by atoms with van der Waals surface area (Å²) in [4.78, 5) is 38.5. The van der Waals surface area contributed by atoms with Crippen molar-refractivity contribution < 1.29 is 24.2 Å². The van der Waals surface area contributed by atoms with E-state index in [1.165, 1.54) is 9.80 Å². The van der Waals surface area contributed by atoms with Crippen LogP contribution in [-0.4, -0.2) is 58.7 Å². The molecule has 138 valence electrons. The van der Waals surface area contributed by atoms with E-state index in [9.17, 15) is 14.4 Å². The maximum Gasteiger partial charge on any atom is 0.417 e. The summed E-state index contributed by atoms with van der Waals surface area (Å²) in [5, 5.41) is 9.02. The number of ether oxygens (including phenoxy) is 1. The second-order valence-corrected chi connectivity index (χ2v) is 6.66. The molecule has 1 N–H and O–H groups in total. The molecule has 2 heterocycles. The lowest BCUT2D eigenvalue weighted by molar-refractivity contribution is -0.125. The Kier molecular flexibility index (Phi) is 5.25. The Labute approximate surface area is 151 Å². The second kappa shape index (κ2) is 7.59. The van der Waals surface area contributed by atoms with Gasteiger partial charge in [0.05, 0.1) is 6.04 Å². The Balaban J connectivity index is 1.66. The Morgan fingerprint density at radius 3 is 2.46 bits per heavy atom. The molecule has 3 amide bonds. The van der Waals surface area contributed by atoms with Crippen LogP contribution in [0.3, 0.4) is 0 Å². The molecule has 2 aliphatic rings. The fourth-order valence-corrected chi connectivity index (χ4v) is 3.49. The van der Waals surface area contributed by atoms with E-state index >= 15 is 0 Å². The quantitative estimate of drug-likeness (QED) is 0.836. The van der Waals surface area contributed by atoms with Gasteiger partial charge in [-0.25, -0.2) is 14.5 Å². The van der Waals surface area contributed by atoms with E-state index in [4.69, 9.17) is 9.84 Å². The number of nitrogens with zero attached hydrogens (tertiary/aromatic N) is 2. The topological polar surface area (TPSA) is 87.2 Å². The van der Waals surface area contributed by atoms with Crippen LogP contribution in [0.5, 0.6) is 0 Å². The predicted octanol–water partition coefficient (Wildman–Crippen LogP) is 2.52. The average Bonchev–Trinajstić information content (AvgIpc) is 3.01. The molecule has 0 bridgehead atoms. The number of rotatable bonds is 4. The van der Waals surface area contributed by atoms with E-state index in [1.807, 2.05) is 30.3 Å². The number of piperidine rings is 1. The van der Waals surface area contributed by atoms with Crippen LogP contribution in [0.25, 0.3) is 0 Å². The molecule has 0 radical (unpaired) electrons. The molecule has 0 unspecified atom stereocenters. The lowest BCUT2D eigenvalue weighted by atomic mass is 9.89. The standard InChI is InChI=1S/C19H22N2O5/c1-13(15-7-9-20(10-8-15)18(23)24)17(22)21-16(12-26-19(21)25)11-14-5-3-2-4-6-14/h2-6,15-16H,1,7-12H2,(H,23,24)/t16-/m1/s1. The number of hydrogen-bond acceptors (Lipinski definition) is 4. The highest BCUT2D eigenvalue weighted by atomic mass is 16.6. The van der Waals surface area contributed by atoms with Crippen LogP contribution in [0.1, 0.15) is 18.4 Å². The van der Waals surface area contributed by atoms with Gasteiger partial charge in [0.15, 0.2) is 0 Å². The van der Waals surface area contributed by atoms with E-state index in [1.54, 1.807) is 0 Å². The molecule has 1 atom stereocenters. The summed E-state index contributed by atoms with van der Waals surface area (Å²) in [7, 11) is 0. The number of carbonyl (C=O) groups is 3. The van der Waals surface area contributed by atoms with Crippen LogP contribution < -0.4 is 0 Å². The maximum atomic E-state index is 12.9. The van der Waals surface area contributed by atoms with Crippen molar-refractivity contribution in [3.63, 3.8) is 0 Å². The van der Waals surface area contributed by atoms with Crippen LogP contribution in [0.2, 0.25) is 0 Å². The SMILES string of the molecule is C=C(C(=O)N1C(=O)OC[C@H]1Cc1ccccc1)C1CCN(C(=O)O)CC1. The van der Waals surface area contributed by atoms with Crippen LogP contribution >= 0.6 is 0 Å². The Morgan fingerprint density at radius 1 is 1.19 bits per heavy atom. The number of carbonyl (C=O) groups excluding carboxylic acids is 2. The van der Waals surface area contributed by atoms with Gasteiger partial charge in [-0.1, -0.05) is 36.9 Å². The van der Waals surface area contributed by atoms with Crippen LogP contribution in [0.15, 0.2) is 42.5 Å². The lowest BCUT2D eigenvalue weighted by Crippen LogP contribution is -2.44. The molecule has 0 saturated carbocycles. The van der Waals surface area contributed by atoms with Crippen molar-refractivity contribution in [1.29, 1.82) is 0 Å². The third kappa shape index (κ3) is 3.71. The minimum Gasteiger partial charge on any atom is -0.465 e. The fourth-order valence-electron chi connectivity index (χ4n) is 3.49. The van der Waals surface area contributed by atoms with Gasteiger partial charge >= 0.3 is 12.2 Å². The molecule has 2 aliphatic heterocycles. The number of benzene rings is 1. The first kappa shape index (κ1) is 18.0. The molecule has 0 aromatic heterocycles. The molecule has 0 aliphatic carbocycles. The summed E-state index contributed by atoms with van der Waals surface area (Å²) in [5.41, 5.74) is 1.38. The summed E-state index contributed by atoms with van der Waals surface area (Å²) < 4.78 is 5.10. The number of amides is 3. The van der Waals surface area contributed by atoms with Crippen molar-refractivity contribution in [2.45, 2.75) is 25.3 Å². The molecule has 3 rings (SSSR count). The molecule has 26 heavy (non-hydrogen) atoms. The van der Waals surface area contributed by atoms with Gasteiger partial charge in [-0.15, -0.1) is 0 Å². The lowest BCUT2D eigenvalue weighted by Gasteiger charge is -2.31. The van der Waals surface area contributed by atoms with Crippen molar-refractivity contribution in [2.75, 3.05) is 19.7 Å². The maximum absolute atomic E-state index is 12.9. The predicted molar refractivity (Wildman–Crippen MR) is 93.6 cm³/mol. The number of cyclic esters (lactones) is 1. The minimum absolute atomic E-state index is 0.121. The van der Waals surface area contributed by atoms with Gasteiger partial charge in [0.25, 0.3) is 5.91 Å². The first-order valence-corrected chi connectivity index (χ1v) is 8.68. The number of hydrogen-bond donors (Lipinski definition) is 1. The summed E-state index contributed by atoms with van der Waals surface area (Å²) in [5.74, 6) is -0.536. The van der Waals surface area contributed by atoms with E-state index in [0.29, 0.717) is 37.9 Å². The van der Waals surface area contributed by atoms with Gasteiger partial charge in [-0.2, -0.15) is 0 Å². The van der Waals surface area contributed by atoms with Crippen molar-refractivity contribution in [2.24, 2.45) is 5.92 Å². The van der Waals surface area contributed by atoms with Gasteiger partial charge in [0.1, 0.15) is 6.61 Å². The number of likely N-dealkylation sites (tertiary alicyclic amines) is 1. The summed E-state index contributed by atoms with van der Waals surface area (Å²) in [6.45, 7) is 4.81. The van der Waals surface area contributed by atoms with Crippen LogP contribution in [0.4, 0.5) is 9.59 Å². The molecule has 7 heteroatoms. The van der Waals surface area contributed by atoms with Gasteiger partial charge < -0.3 is 14.7 Å². The van der Waals surface area contributed by atoms with Crippen molar-refractivity contribution >= 4 is 18.1 Å². The average molecular weight is 358 g/mol. The molecular formula is C19H22N2O5. The molecule has 1 aromatic carbocycles.